The van der Waals surface area contributed by atoms with Gasteiger partial charge in [0.25, 0.3) is 5.56 Å². The molecular weight excluding hydrogens is 496 g/mol. The minimum Gasteiger partial charge on any atom is -0.489 e. The maximum absolute atomic E-state index is 13.7. The number of fused-ring (bicyclic) bond motifs is 1. The maximum Gasteiger partial charge on any atom is 0.338 e. The van der Waals surface area contributed by atoms with Crippen molar-refractivity contribution >= 4 is 23.4 Å². The number of aryl methyl sites for hydroxylation is 1. The van der Waals surface area contributed by atoms with Crippen LogP contribution in [0.5, 0.6) is 5.75 Å². The van der Waals surface area contributed by atoms with Gasteiger partial charge in [0.15, 0.2) is 4.80 Å². The van der Waals surface area contributed by atoms with Crippen molar-refractivity contribution in [2.45, 2.75) is 33.4 Å². The fourth-order valence-corrected chi connectivity index (χ4v) is 5.45. The van der Waals surface area contributed by atoms with E-state index in [9.17, 15) is 9.59 Å². The third kappa shape index (κ3) is 5.24. The van der Waals surface area contributed by atoms with E-state index in [0.29, 0.717) is 27.2 Å². The van der Waals surface area contributed by atoms with Crippen molar-refractivity contribution in [1.29, 1.82) is 0 Å². The van der Waals surface area contributed by atoms with Gasteiger partial charge in [0, 0.05) is 0 Å². The molecule has 5 rings (SSSR count). The van der Waals surface area contributed by atoms with Crippen molar-refractivity contribution in [3.05, 3.63) is 132 Å². The fourth-order valence-electron chi connectivity index (χ4n) is 4.41. The quantitative estimate of drug-likeness (QED) is 0.329. The van der Waals surface area contributed by atoms with Gasteiger partial charge < -0.3 is 9.47 Å². The molecule has 4 aromatic rings. The number of hydrogen-bond donors (Lipinski definition) is 0. The highest BCUT2D eigenvalue weighted by molar-refractivity contribution is 7.07. The molecule has 2 heterocycles. The molecule has 1 aliphatic rings. The van der Waals surface area contributed by atoms with Crippen LogP contribution >= 0.6 is 11.3 Å². The lowest BCUT2D eigenvalue weighted by atomic mass is 9.95. The molecule has 38 heavy (non-hydrogen) atoms. The molecule has 0 N–H and O–H groups in total. The van der Waals surface area contributed by atoms with Crippen LogP contribution in [-0.2, 0) is 16.1 Å². The number of benzene rings is 3. The number of allylic oxidation sites excluding steroid dienone is 1. The molecule has 0 aliphatic carbocycles. The van der Waals surface area contributed by atoms with Crippen LogP contribution in [0.3, 0.4) is 0 Å². The van der Waals surface area contributed by atoms with E-state index in [1.165, 1.54) is 11.3 Å². The molecule has 0 unspecified atom stereocenters. The van der Waals surface area contributed by atoms with Crippen LogP contribution in [0.1, 0.15) is 42.1 Å². The zero-order valence-corrected chi connectivity index (χ0v) is 22.3. The molecule has 0 fully saturated rings. The Morgan fingerprint density at radius 1 is 1.00 bits per heavy atom. The van der Waals surface area contributed by atoms with E-state index >= 15 is 0 Å². The number of aromatic nitrogens is 1. The minimum absolute atomic E-state index is 0.196. The zero-order chi connectivity index (χ0) is 26.6. The molecule has 7 heteroatoms. The highest BCUT2D eigenvalue weighted by Gasteiger charge is 2.33. The Hall–Kier alpha value is -4.23. The van der Waals surface area contributed by atoms with E-state index in [4.69, 9.17) is 9.47 Å². The Balaban J connectivity index is 1.51. The standard InChI is InChI=1S/C31H28N2O4S/c1-4-36-30(35)27-21(3)32-31-33(28(27)24-14-10-20(2)11-15-24)29(34)26(38-31)18-22-12-16-25(17-13-22)37-19-23-8-6-5-7-9-23/h5-18,28H,4,19H2,1-3H3/b26-18-/t28-/m0/s1. The maximum atomic E-state index is 13.7. The molecule has 0 saturated carbocycles. The molecule has 0 bridgehead atoms. The van der Waals surface area contributed by atoms with E-state index in [2.05, 4.69) is 4.99 Å². The smallest absolute Gasteiger partial charge is 0.338 e. The minimum atomic E-state index is -0.609. The lowest BCUT2D eigenvalue weighted by Crippen LogP contribution is -2.39. The summed E-state index contributed by atoms with van der Waals surface area (Å²) in [5, 5.41) is 0. The van der Waals surface area contributed by atoms with Crippen molar-refractivity contribution in [3.8, 4) is 5.75 Å². The average molecular weight is 525 g/mol. The van der Waals surface area contributed by atoms with Gasteiger partial charge in [0.1, 0.15) is 12.4 Å². The van der Waals surface area contributed by atoms with Gasteiger partial charge in [-0.05, 0) is 55.7 Å². The van der Waals surface area contributed by atoms with Gasteiger partial charge in [-0.1, -0.05) is 83.6 Å². The van der Waals surface area contributed by atoms with Gasteiger partial charge in [0.05, 0.1) is 28.5 Å². The Bertz CT molecular complexity index is 1670. The summed E-state index contributed by atoms with van der Waals surface area (Å²) in [4.78, 5) is 31.9. The highest BCUT2D eigenvalue weighted by Crippen LogP contribution is 2.30. The van der Waals surface area contributed by atoms with Crippen molar-refractivity contribution in [2.75, 3.05) is 6.61 Å². The Labute approximate surface area is 224 Å². The summed E-state index contributed by atoms with van der Waals surface area (Å²) < 4.78 is 13.4. The first kappa shape index (κ1) is 25.4. The van der Waals surface area contributed by atoms with Crippen molar-refractivity contribution in [3.63, 3.8) is 0 Å². The van der Waals surface area contributed by atoms with Gasteiger partial charge in [-0.3, -0.25) is 9.36 Å². The summed E-state index contributed by atoms with van der Waals surface area (Å²) in [5.41, 5.74) is 4.64. The van der Waals surface area contributed by atoms with E-state index in [-0.39, 0.29) is 12.2 Å². The fraction of sp³-hybridized carbons (Fsp3) is 0.194. The predicted molar refractivity (Wildman–Crippen MR) is 149 cm³/mol. The lowest BCUT2D eigenvalue weighted by molar-refractivity contribution is -0.139. The number of esters is 1. The summed E-state index contributed by atoms with van der Waals surface area (Å²) in [6.07, 6.45) is 1.85. The molecule has 0 spiro atoms. The van der Waals surface area contributed by atoms with E-state index in [1.54, 1.807) is 18.4 Å². The summed E-state index contributed by atoms with van der Waals surface area (Å²) in [6.45, 7) is 6.28. The third-order valence-electron chi connectivity index (χ3n) is 6.34. The average Bonchev–Trinajstić information content (AvgIpc) is 3.22. The third-order valence-corrected chi connectivity index (χ3v) is 7.32. The van der Waals surface area contributed by atoms with E-state index in [1.807, 2.05) is 91.9 Å². The van der Waals surface area contributed by atoms with Gasteiger partial charge >= 0.3 is 5.97 Å². The van der Waals surface area contributed by atoms with Gasteiger partial charge in [-0.2, -0.15) is 0 Å². The topological polar surface area (TPSA) is 69.9 Å². The largest absolute Gasteiger partial charge is 0.489 e. The van der Waals surface area contributed by atoms with Crippen LogP contribution in [0.15, 0.2) is 99.9 Å². The van der Waals surface area contributed by atoms with Crippen LogP contribution in [-0.4, -0.2) is 17.1 Å². The number of carbonyl (C=O) groups excluding carboxylic acids is 1. The Kier molecular flexibility index (Phi) is 7.38. The van der Waals surface area contributed by atoms with E-state index in [0.717, 1.165) is 28.0 Å². The van der Waals surface area contributed by atoms with Crippen LogP contribution in [0.2, 0.25) is 0 Å². The van der Waals surface area contributed by atoms with Crippen LogP contribution in [0, 0.1) is 6.92 Å². The summed E-state index contributed by atoms with van der Waals surface area (Å²) in [7, 11) is 0. The first-order valence-corrected chi connectivity index (χ1v) is 13.3. The lowest BCUT2D eigenvalue weighted by Gasteiger charge is -2.24. The number of ether oxygens (including phenoxy) is 2. The molecule has 1 atom stereocenters. The number of hydrogen-bond acceptors (Lipinski definition) is 6. The van der Waals surface area contributed by atoms with Gasteiger partial charge in [-0.25, -0.2) is 9.79 Å². The highest BCUT2D eigenvalue weighted by atomic mass is 32.1. The molecule has 6 nitrogen and oxygen atoms in total. The SMILES string of the molecule is CCOC(=O)C1=C(C)N=c2s/c(=C\c3ccc(OCc4ccccc4)cc3)c(=O)n2[C@H]1c1ccc(C)cc1. The molecule has 0 saturated heterocycles. The Morgan fingerprint density at radius 2 is 1.71 bits per heavy atom. The molecule has 3 aromatic carbocycles. The summed E-state index contributed by atoms with van der Waals surface area (Å²) >= 11 is 1.31. The molecular formula is C31H28N2O4S. The summed E-state index contributed by atoms with van der Waals surface area (Å²) in [6, 6.07) is 24.9. The van der Waals surface area contributed by atoms with E-state index < -0.39 is 12.0 Å². The van der Waals surface area contributed by atoms with Gasteiger partial charge in [-0.15, -0.1) is 0 Å². The second-order valence-corrected chi connectivity index (χ2v) is 10.1. The monoisotopic (exact) mass is 524 g/mol. The van der Waals surface area contributed by atoms with Crippen molar-refractivity contribution in [1.82, 2.24) is 4.57 Å². The molecule has 192 valence electrons. The predicted octanol–water partition coefficient (Wildman–Crippen LogP) is 4.69. The van der Waals surface area contributed by atoms with Crippen LogP contribution < -0.4 is 19.6 Å². The molecule has 1 aromatic heterocycles. The second kappa shape index (κ2) is 11.0. The van der Waals surface area contributed by atoms with Crippen LogP contribution in [0.4, 0.5) is 0 Å². The van der Waals surface area contributed by atoms with Crippen molar-refractivity contribution in [2.24, 2.45) is 4.99 Å². The molecule has 1 aliphatic heterocycles. The van der Waals surface area contributed by atoms with Crippen molar-refractivity contribution < 1.29 is 14.3 Å². The number of carbonyl (C=O) groups is 1. The molecule has 0 amide bonds. The second-order valence-electron chi connectivity index (χ2n) is 9.06. The number of thiazole rings is 1. The number of rotatable bonds is 7. The summed E-state index contributed by atoms with van der Waals surface area (Å²) in [5.74, 6) is 0.293. The number of nitrogens with zero attached hydrogens (tertiary/aromatic N) is 2. The first-order valence-electron chi connectivity index (χ1n) is 12.5. The van der Waals surface area contributed by atoms with Gasteiger partial charge in [0.2, 0.25) is 0 Å². The first-order chi connectivity index (χ1) is 18.4. The normalized spacial score (nSPS) is 15.1. The Morgan fingerprint density at radius 3 is 2.39 bits per heavy atom. The van der Waals surface area contributed by atoms with Crippen LogP contribution in [0.25, 0.3) is 6.08 Å². The zero-order valence-electron chi connectivity index (χ0n) is 21.5. The molecule has 0 radical (unpaired) electrons.